The number of halogens is 2. The number of aromatic nitrogens is 2. The van der Waals surface area contributed by atoms with Gasteiger partial charge in [-0.15, -0.1) is 0 Å². The van der Waals surface area contributed by atoms with Crippen LogP contribution in [0.15, 0.2) is 24.4 Å². The minimum atomic E-state index is -0.809. The third kappa shape index (κ3) is 3.62. The molecule has 1 fully saturated rings. The first kappa shape index (κ1) is 16.4. The van der Waals surface area contributed by atoms with Crippen molar-refractivity contribution in [3.8, 4) is 0 Å². The van der Waals surface area contributed by atoms with Gasteiger partial charge in [-0.25, -0.2) is 18.7 Å². The fraction of sp³-hybridized carbons (Fsp3) is 0.444. The quantitative estimate of drug-likeness (QED) is 0.852. The number of rotatable bonds is 3. The third-order valence-corrected chi connectivity index (χ3v) is 4.68. The molecule has 25 heavy (non-hydrogen) atoms. The number of ether oxygens (including phenoxy) is 1. The second-order valence-electron chi connectivity index (χ2n) is 6.45. The van der Waals surface area contributed by atoms with Crippen LogP contribution >= 0.6 is 0 Å². The minimum absolute atomic E-state index is 0.585. The Morgan fingerprint density at radius 3 is 2.72 bits per heavy atom. The molecule has 0 amide bonds. The summed E-state index contributed by atoms with van der Waals surface area (Å²) in [5, 5.41) is 0. The molecule has 2 aliphatic rings. The van der Waals surface area contributed by atoms with Crippen molar-refractivity contribution in [1.82, 2.24) is 14.9 Å². The molecule has 7 heteroatoms. The van der Waals surface area contributed by atoms with E-state index in [4.69, 9.17) is 9.72 Å². The normalized spacial score (nSPS) is 18.2. The number of fused-ring (bicyclic) bond motifs is 1. The second-order valence-corrected chi connectivity index (χ2v) is 6.45. The highest BCUT2D eigenvalue weighted by Crippen LogP contribution is 2.21. The number of hydrogen-bond acceptors (Lipinski definition) is 5. The van der Waals surface area contributed by atoms with Gasteiger partial charge in [-0.1, -0.05) is 6.07 Å². The van der Waals surface area contributed by atoms with E-state index in [2.05, 4.69) is 14.8 Å². The summed E-state index contributed by atoms with van der Waals surface area (Å²) in [7, 11) is 0. The molecule has 0 atom stereocenters. The van der Waals surface area contributed by atoms with Crippen molar-refractivity contribution in [3.63, 3.8) is 0 Å². The Hall–Kier alpha value is -2.12. The molecule has 1 aromatic carbocycles. The summed E-state index contributed by atoms with van der Waals surface area (Å²) in [5.41, 5.74) is 2.96. The molecule has 2 aromatic rings. The molecule has 0 aliphatic carbocycles. The van der Waals surface area contributed by atoms with Crippen LogP contribution in [0.4, 0.5) is 14.7 Å². The average molecular weight is 346 g/mol. The molecule has 0 N–H and O–H groups in total. The molecule has 5 nitrogen and oxygen atoms in total. The highest BCUT2D eigenvalue weighted by molar-refractivity contribution is 5.34. The number of benzene rings is 1. The second kappa shape index (κ2) is 7.01. The smallest absolute Gasteiger partial charge is 0.225 e. The first-order valence-corrected chi connectivity index (χ1v) is 8.53. The summed E-state index contributed by atoms with van der Waals surface area (Å²) >= 11 is 0. The van der Waals surface area contributed by atoms with Crippen molar-refractivity contribution in [2.45, 2.75) is 19.5 Å². The van der Waals surface area contributed by atoms with Gasteiger partial charge in [0.25, 0.3) is 0 Å². The van der Waals surface area contributed by atoms with Gasteiger partial charge in [0.1, 0.15) is 0 Å². The molecule has 1 aromatic heterocycles. The Labute approximate surface area is 145 Å². The van der Waals surface area contributed by atoms with E-state index in [0.29, 0.717) is 19.8 Å². The van der Waals surface area contributed by atoms with E-state index in [0.717, 1.165) is 55.4 Å². The van der Waals surface area contributed by atoms with E-state index < -0.39 is 11.6 Å². The van der Waals surface area contributed by atoms with Crippen LogP contribution in [0.2, 0.25) is 0 Å². The SMILES string of the molecule is Fc1ccc(CN2CCc3nc(N4CCOCC4)ncc3C2)cc1F. The van der Waals surface area contributed by atoms with E-state index in [-0.39, 0.29) is 0 Å². The maximum Gasteiger partial charge on any atom is 0.225 e. The van der Waals surface area contributed by atoms with Crippen LogP contribution in [-0.4, -0.2) is 47.7 Å². The van der Waals surface area contributed by atoms with Crippen LogP contribution in [0.3, 0.4) is 0 Å². The van der Waals surface area contributed by atoms with Gasteiger partial charge in [-0.3, -0.25) is 4.90 Å². The Morgan fingerprint density at radius 2 is 1.92 bits per heavy atom. The third-order valence-electron chi connectivity index (χ3n) is 4.68. The lowest BCUT2D eigenvalue weighted by molar-refractivity contribution is 0.122. The maximum absolute atomic E-state index is 13.4. The average Bonchev–Trinajstić information content (AvgIpc) is 2.65. The molecule has 3 heterocycles. The molecular weight excluding hydrogens is 326 g/mol. The molecule has 4 rings (SSSR count). The van der Waals surface area contributed by atoms with E-state index in [1.165, 1.54) is 12.1 Å². The summed E-state index contributed by atoms with van der Waals surface area (Å²) in [6.07, 6.45) is 2.73. The van der Waals surface area contributed by atoms with Crippen molar-refractivity contribution in [3.05, 3.63) is 52.9 Å². The summed E-state index contributed by atoms with van der Waals surface area (Å²) < 4.78 is 31.8. The largest absolute Gasteiger partial charge is 0.378 e. The monoisotopic (exact) mass is 346 g/mol. The van der Waals surface area contributed by atoms with Gasteiger partial charge < -0.3 is 9.64 Å². The molecule has 0 saturated carbocycles. The molecule has 1 saturated heterocycles. The van der Waals surface area contributed by atoms with Gasteiger partial charge in [0.05, 0.1) is 18.9 Å². The van der Waals surface area contributed by atoms with E-state index in [9.17, 15) is 8.78 Å². The van der Waals surface area contributed by atoms with E-state index in [1.54, 1.807) is 6.07 Å². The number of anilines is 1. The zero-order valence-electron chi connectivity index (χ0n) is 13.9. The lowest BCUT2D eigenvalue weighted by Crippen LogP contribution is -2.38. The van der Waals surface area contributed by atoms with Gasteiger partial charge in [0.2, 0.25) is 5.95 Å². The topological polar surface area (TPSA) is 41.5 Å². The Kier molecular flexibility index (Phi) is 4.59. The summed E-state index contributed by atoms with van der Waals surface area (Å²) in [6.45, 7) is 5.21. The van der Waals surface area contributed by atoms with Crippen LogP contribution in [0.1, 0.15) is 16.8 Å². The lowest BCUT2D eigenvalue weighted by Gasteiger charge is -2.30. The molecule has 0 bridgehead atoms. The van der Waals surface area contributed by atoms with Crippen molar-refractivity contribution >= 4 is 5.95 Å². The Morgan fingerprint density at radius 1 is 1.08 bits per heavy atom. The molecule has 0 spiro atoms. The first-order valence-electron chi connectivity index (χ1n) is 8.53. The molecular formula is C18H20F2N4O. The minimum Gasteiger partial charge on any atom is -0.378 e. The van der Waals surface area contributed by atoms with E-state index in [1.807, 2.05) is 6.20 Å². The summed E-state index contributed by atoms with van der Waals surface area (Å²) in [6, 6.07) is 4.08. The number of nitrogens with zero attached hydrogens (tertiary/aromatic N) is 4. The van der Waals surface area contributed by atoms with Gasteiger partial charge in [0, 0.05) is 50.9 Å². The fourth-order valence-corrected chi connectivity index (χ4v) is 3.31. The van der Waals surface area contributed by atoms with Crippen LogP contribution in [0, 0.1) is 11.6 Å². The van der Waals surface area contributed by atoms with Crippen LogP contribution in [0.5, 0.6) is 0 Å². The van der Waals surface area contributed by atoms with Crippen molar-refractivity contribution in [2.75, 3.05) is 37.7 Å². The predicted octanol–water partition coefficient (Wildman–Crippen LogP) is 2.15. The highest BCUT2D eigenvalue weighted by Gasteiger charge is 2.21. The van der Waals surface area contributed by atoms with Gasteiger partial charge in [-0.2, -0.15) is 0 Å². The fourth-order valence-electron chi connectivity index (χ4n) is 3.31. The van der Waals surface area contributed by atoms with Gasteiger partial charge >= 0.3 is 0 Å². The number of morpholine rings is 1. The molecule has 0 unspecified atom stereocenters. The van der Waals surface area contributed by atoms with E-state index >= 15 is 0 Å². The van der Waals surface area contributed by atoms with Gasteiger partial charge in [-0.05, 0) is 17.7 Å². The summed E-state index contributed by atoms with van der Waals surface area (Å²) in [4.78, 5) is 13.6. The van der Waals surface area contributed by atoms with Gasteiger partial charge in [0.15, 0.2) is 11.6 Å². The standard InChI is InChI=1S/C18H20F2N4O/c19-15-2-1-13(9-16(15)20)11-23-4-3-17-14(12-23)10-21-18(22-17)24-5-7-25-8-6-24/h1-2,9-10H,3-8,11-12H2. The molecule has 2 aliphatic heterocycles. The van der Waals surface area contributed by atoms with Crippen molar-refractivity contribution in [1.29, 1.82) is 0 Å². The van der Waals surface area contributed by atoms with Crippen LogP contribution < -0.4 is 4.90 Å². The molecule has 0 radical (unpaired) electrons. The molecule has 132 valence electrons. The summed E-state index contributed by atoms with van der Waals surface area (Å²) in [5.74, 6) is -0.832. The van der Waals surface area contributed by atoms with Crippen molar-refractivity contribution in [2.24, 2.45) is 0 Å². The van der Waals surface area contributed by atoms with Crippen LogP contribution in [0.25, 0.3) is 0 Å². The highest BCUT2D eigenvalue weighted by atomic mass is 19.2. The Bertz CT molecular complexity index is 765. The van der Waals surface area contributed by atoms with Crippen LogP contribution in [-0.2, 0) is 24.2 Å². The van der Waals surface area contributed by atoms with Crippen molar-refractivity contribution < 1.29 is 13.5 Å². The first-order chi connectivity index (χ1) is 12.2. The zero-order chi connectivity index (χ0) is 17.2. The Balaban J connectivity index is 1.45. The maximum atomic E-state index is 13.4. The zero-order valence-corrected chi connectivity index (χ0v) is 13.9. The lowest BCUT2D eigenvalue weighted by atomic mass is 10.1. The predicted molar refractivity (Wildman–Crippen MR) is 89.2 cm³/mol. The number of hydrogen-bond donors (Lipinski definition) is 0.